The van der Waals surface area contributed by atoms with Crippen molar-refractivity contribution in [2.45, 2.75) is 40.7 Å². The Morgan fingerprint density at radius 2 is 1.50 bits per heavy atom. The van der Waals surface area contributed by atoms with Gasteiger partial charge in [0.05, 0.1) is 0 Å². The number of halogens is 1. The molecule has 0 heterocycles. The number of hydrogen-bond donors (Lipinski definition) is 1. The van der Waals surface area contributed by atoms with Gasteiger partial charge in [-0.3, -0.25) is 0 Å². The van der Waals surface area contributed by atoms with E-state index in [9.17, 15) is 0 Å². The van der Waals surface area contributed by atoms with E-state index < -0.39 is 0 Å². The van der Waals surface area contributed by atoms with Crippen LogP contribution in [0.1, 0.15) is 40.8 Å². The topological polar surface area (TPSA) is 12.0 Å². The van der Waals surface area contributed by atoms with Crippen molar-refractivity contribution >= 4 is 21.6 Å². The van der Waals surface area contributed by atoms with E-state index in [2.05, 4.69) is 86.2 Å². The molecule has 0 saturated carbocycles. The largest absolute Gasteiger partial charge is 0.378 e. The van der Waals surface area contributed by atoms with E-state index in [1.165, 1.54) is 33.5 Å². The van der Waals surface area contributed by atoms with E-state index in [1.54, 1.807) is 0 Å². The van der Waals surface area contributed by atoms with Crippen molar-refractivity contribution in [1.29, 1.82) is 0 Å². The first-order valence-corrected chi connectivity index (χ1v) is 7.78. The molecular formula is C18H22BrN. The van der Waals surface area contributed by atoms with Crippen LogP contribution in [0.4, 0.5) is 5.69 Å². The number of anilines is 1. The van der Waals surface area contributed by atoms with E-state index >= 15 is 0 Å². The first-order chi connectivity index (χ1) is 9.38. The fourth-order valence-corrected chi connectivity index (χ4v) is 3.35. The number of nitrogens with one attached hydrogen (secondary N) is 1. The third kappa shape index (κ3) is 3.24. The molecule has 2 aromatic rings. The Hall–Kier alpha value is -1.28. The molecule has 106 valence electrons. The first kappa shape index (κ1) is 15.1. The molecule has 0 saturated heterocycles. The summed E-state index contributed by atoms with van der Waals surface area (Å²) in [5.74, 6) is 0. The van der Waals surface area contributed by atoms with Gasteiger partial charge in [-0.15, -0.1) is 0 Å². The van der Waals surface area contributed by atoms with Gasteiger partial charge in [0.1, 0.15) is 0 Å². The minimum atomic E-state index is 0.300. The smallest absolute Gasteiger partial charge is 0.0488 e. The van der Waals surface area contributed by atoms with E-state index in [-0.39, 0.29) is 0 Å². The van der Waals surface area contributed by atoms with Crippen molar-refractivity contribution in [1.82, 2.24) is 0 Å². The Bertz CT molecular complexity index is 608. The van der Waals surface area contributed by atoms with Crippen molar-refractivity contribution in [3.63, 3.8) is 0 Å². The van der Waals surface area contributed by atoms with Gasteiger partial charge in [-0.05, 0) is 69.0 Å². The third-order valence-corrected chi connectivity index (χ3v) is 4.22. The average molecular weight is 332 g/mol. The molecule has 0 aromatic heterocycles. The van der Waals surface area contributed by atoms with Crippen LogP contribution in [0, 0.1) is 27.7 Å². The van der Waals surface area contributed by atoms with Crippen molar-refractivity contribution in [2.75, 3.05) is 5.32 Å². The Balaban J connectivity index is 2.32. The fourth-order valence-electron chi connectivity index (χ4n) is 2.66. The molecule has 0 radical (unpaired) electrons. The lowest BCUT2D eigenvalue weighted by Crippen LogP contribution is -2.10. The zero-order valence-corrected chi connectivity index (χ0v) is 14.4. The predicted molar refractivity (Wildman–Crippen MR) is 91.6 cm³/mol. The molecule has 0 fully saturated rings. The minimum absolute atomic E-state index is 0.300. The summed E-state index contributed by atoms with van der Waals surface area (Å²) in [5, 5.41) is 3.67. The predicted octanol–water partition coefficient (Wildman–Crippen LogP) is 5.86. The molecule has 1 N–H and O–H groups in total. The van der Waals surface area contributed by atoms with Crippen LogP contribution in [0.3, 0.4) is 0 Å². The quantitative estimate of drug-likeness (QED) is 0.743. The second-order valence-electron chi connectivity index (χ2n) is 5.64. The maximum Gasteiger partial charge on any atom is 0.0488 e. The summed E-state index contributed by atoms with van der Waals surface area (Å²) < 4.78 is 1.14. The maximum atomic E-state index is 3.67. The van der Waals surface area contributed by atoms with Crippen molar-refractivity contribution in [2.24, 2.45) is 0 Å². The summed E-state index contributed by atoms with van der Waals surface area (Å²) in [6.07, 6.45) is 0. The second kappa shape index (κ2) is 6.01. The van der Waals surface area contributed by atoms with Crippen LogP contribution < -0.4 is 5.32 Å². The van der Waals surface area contributed by atoms with Crippen molar-refractivity contribution in [3.8, 4) is 0 Å². The van der Waals surface area contributed by atoms with Gasteiger partial charge in [-0.1, -0.05) is 39.7 Å². The second-order valence-corrected chi connectivity index (χ2v) is 6.56. The van der Waals surface area contributed by atoms with Crippen molar-refractivity contribution in [3.05, 3.63) is 62.6 Å². The highest BCUT2D eigenvalue weighted by atomic mass is 79.9. The fraction of sp³-hybridized carbons (Fsp3) is 0.333. The third-order valence-electron chi connectivity index (χ3n) is 3.76. The molecular weight excluding hydrogens is 310 g/mol. The highest BCUT2D eigenvalue weighted by Gasteiger charge is 2.12. The molecule has 0 spiro atoms. The first-order valence-electron chi connectivity index (χ1n) is 6.99. The average Bonchev–Trinajstić information content (AvgIpc) is 2.36. The van der Waals surface area contributed by atoms with Gasteiger partial charge in [0, 0.05) is 16.2 Å². The Kier molecular flexibility index (Phi) is 4.54. The van der Waals surface area contributed by atoms with Crippen LogP contribution in [0.2, 0.25) is 0 Å². The van der Waals surface area contributed by atoms with Crippen LogP contribution in [0.15, 0.2) is 34.8 Å². The van der Waals surface area contributed by atoms with E-state index in [4.69, 9.17) is 0 Å². The summed E-state index contributed by atoms with van der Waals surface area (Å²) in [4.78, 5) is 0. The minimum Gasteiger partial charge on any atom is -0.378 e. The number of benzene rings is 2. The molecule has 1 unspecified atom stereocenters. The zero-order chi connectivity index (χ0) is 14.9. The SMILES string of the molecule is Cc1ccc(C)c(C(C)Nc2c(C)cc(Br)cc2C)c1. The maximum absolute atomic E-state index is 3.67. The number of aryl methyl sites for hydroxylation is 4. The zero-order valence-electron chi connectivity index (χ0n) is 12.8. The summed E-state index contributed by atoms with van der Waals surface area (Å²) in [5.41, 5.74) is 7.79. The van der Waals surface area contributed by atoms with Gasteiger partial charge >= 0.3 is 0 Å². The highest BCUT2D eigenvalue weighted by molar-refractivity contribution is 9.10. The number of hydrogen-bond acceptors (Lipinski definition) is 1. The Morgan fingerprint density at radius 3 is 2.10 bits per heavy atom. The van der Waals surface area contributed by atoms with E-state index in [0.717, 1.165) is 4.47 Å². The van der Waals surface area contributed by atoms with Gasteiger partial charge in [0.2, 0.25) is 0 Å². The summed E-state index contributed by atoms with van der Waals surface area (Å²) in [6.45, 7) is 10.8. The molecule has 20 heavy (non-hydrogen) atoms. The van der Waals surface area contributed by atoms with Crippen LogP contribution in [0.5, 0.6) is 0 Å². The molecule has 1 atom stereocenters. The molecule has 1 nitrogen and oxygen atoms in total. The molecule has 0 aliphatic carbocycles. The monoisotopic (exact) mass is 331 g/mol. The van der Waals surface area contributed by atoms with Crippen LogP contribution >= 0.6 is 15.9 Å². The lowest BCUT2D eigenvalue weighted by atomic mass is 9.99. The molecule has 2 aromatic carbocycles. The Labute approximate surface area is 130 Å². The summed E-state index contributed by atoms with van der Waals surface area (Å²) in [7, 11) is 0. The summed E-state index contributed by atoms with van der Waals surface area (Å²) in [6, 6.07) is 11.3. The van der Waals surface area contributed by atoms with Gasteiger partial charge < -0.3 is 5.32 Å². The Morgan fingerprint density at radius 1 is 0.900 bits per heavy atom. The van der Waals surface area contributed by atoms with Gasteiger partial charge in [0.15, 0.2) is 0 Å². The lowest BCUT2D eigenvalue weighted by Gasteiger charge is -2.21. The molecule has 0 bridgehead atoms. The molecule has 2 rings (SSSR count). The molecule has 0 aliphatic rings. The van der Waals surface area contributed by atoms with E-state index in [1.807, 2.05) is 0 Å². The summed E-state index contributed by atoms with van der Waals surface area (Å²) >= 11 is 3.55. The lowest BCUT2D eigenvalue weighted by molar-refractivity contribution is 0.868. The normalized spacial score (nSPS) is 12.3. The van der Waals surface area contributed by atoms with Gasteiger partial charge in [0.25, 0.3) is 0 Å². The standard InChI is InChI=1S/C18H22BrN/c1-11-6-7-12(2)17(8-11)15(5)20-18-13(3)9-16(19)10-14(18)4/h6-10,15,20H,1-5H3. The van der Waals surface area contributed by atoms with Crippen LogP contribution in [-0.4, -0.2) is 0 Å². The van der Waals surface area contributed by atoms with Gasteiger partial charge in [-0.25, -0.2) is 0 Å². The molecule has 2 heteroatoms. The van der Waals surface area contributed by atoms with Gasteiger partial charge in [-0.2, -0.15) is 0 Å². The molecule has 0 aliphatic heterocycles. The number of rotatable bonds is 3. The molecule has 0 amide bonds. The van der Waals surface area contributed by atoms with Crippen molar-refractivity contribution < 1.29 is 0 Å². The highest BCUT2D eigenvalue weighted by Crippen LogP contribution is 2.29. The van der Waals surface area contributed by atoms with E-state index in [0.29, 0.717) is 6.04 Å². The van der Waals surface area contributed by atoms with Crippen LogP contribution in [0.25, 0.3) is 0 Å². The van der Waals surface area contributed by atoms with Crippen LogP contribution in [-0.2, 0) is 0 Å².